The van der Waals surface area contributed by atoms with Crippen molar-refractivity contribution in [1.29, 1.82) is 0 Å². The minimum Gasteiger partial charge on any atom is -0.496 e. The molecule has 1 aromatic rings. The van der Waals surface area contributed by atoms with E-state index in [1.165, 1.54) is 11.1 Å². The van der Waals surface area contributed by atoms with Gasteiger partial charge in [-0.05, 0) is 55.6 Å². The number of rotatable bonds is 8. The lowest BCUT2D eigenvalue weighted by molar-refractivity contribution is 0.408. The highest BCUT2D eigenvalue weighted by Crippen LogP contribution is 2.20. The van der Waals surface area contributed by atoms with Crippen molar-refractivity contribution in [3.8, 4) is 5.75 Å². The van der Waals surface area contributed by atoms with E-state index in [9.17, 15) is 0 Å². The van der Waals surface area contributed by atoms with Crippen molar-refractivity contribution < 1.29 is 4.74 Å². The lowest BCUT2D eigenvalue weighted by atomic mass is 10.0. The summed E-state index contributed by atoms with van der Waals surface area (Å²) in [4.78, 5) is 0. The predicted octanol–water partition coefficient (Wildman–Crippen LogP) is 1.98. The number of nitrogens with two attached hydrogens (primary N) is 1. The van der Waals surface area contributed by atoms with Gasteiger partial charge in [0.15, 0.2) is 0 Å². The van der Waals surface area contributed by atoms with Crippen molar-refractivity contribution in [2.24, 2.45) is 11.7 Å². The summed E-state index contributed by atoms with van der Waals surface area (Å²) in [5.74, 6) is 1.52. The minimum absolute atomic E-state index is 0.536. The number of methoxy groups -OCH3 is 1. The zero-order valence-corrected chi connectivity index (χ0v) is 11.8. The van der Waals surface area contributed by atoms with Crippen LogP contribution < -0.4 is 15.8 Å². The Bertz CT molecular complexity index is 352. The van der Waals surface area contributed by atoms with Crippen LogP contribution in [0, 0.1) is 5.92 Å². The Balaban J connectivity index is 2.49. The van der Waals surface area contributed by atoms with Crippen molar-refractivity contribution >= 4 is 0 Å². The molecule has 0 heterocycles. The van der Waals surface area contributed by atoms with Crippen LogP contribution in [0.3, 0.4) is 0 Å². The zero-order valence-electron chi connectivity index (χ0n) is 11.8. The highest BCUT2D eigenvalue weighted by molar-refractivity contribution is 5.37. The molecule has 1 aromatic carbocycles. The van der Waals surface area contributed by atoms with Crippen LogP contribution in [0.2, 0.25) is 0 Å². The molecule has 3 heteroatoms. The molecule has 1 rings (SSSR count). The van der Waals surface area contributed by atoms with Gasteiger partial charge in [0.1, 0.15) is 5.75 Å². The Labute approximate surface area is 111 Å². The number of aryl methyl sites for hydroxylation is 1. The molecule has 3 nitrogen and oxygen atoms in total. The zero-order chi connectivity index (χ0) is 13.4. The summed E-state index contributed by atoms with van der Waals surface area (Å²) < 4.78 is 5.40. The van der Waals surface area contributed by atoms with Gasteiger partial charge in [-0.25, -0.2) is 0 Å². The van der Waals surface area contributed by atoms with Crippen LogP contribution in [0.4, 0.5) is 0 Å². The highest BCUT2D eigenvalue weighted by atomic mass is 16.5. The molecule has 0 aliphatic carbocycles. The Morgan fingerprint density at radius 1 is 1.39 bits per heavy atom. The number of hydrogen-bond donors (Lipinski definition) is 2. The molecule has 3 N–H and O–H groups in total. The first kappa shape index (κ1) is 15.0. The van der Waals surface area contributed by atoms with Gasteiger partial charge >= 0.3 is 0 Å². The summed E-state index contributed by atoms with van der Waals surface area (Å²) >= 11 is 0. The smallest absolute Gasteiger partial charge is 0.122 e. The molecule has 18 heavy (non-hydrogen) atoms. The third kappa shape index (κ3) is 4.67. The molecular formula is C15H26N2O. The van der Waals surface area contributed by atoms with Crippen LogP contribution in [0.15, 0.2) is 18.2 Å². The molecule has 0 amide bonds. The second-order valence-corrected chi connectivity index (χ2v) is 4.79. The number of benzene rings is 1. The SMILES string of the molecule is CCc1ccc(OC)c(CCNCC(C)CN)c1. The van der Waals surface area contributed by atoms with Crippen molar-refractivity contribution in [2.75, 3.05) is 26.7 Å². The van der Waals surface area contributed by atoms with Gasteiger partial charge in [-0.2, -0.15) is 0 Å². The van der Waals surface area contributed by atoms with Gasteiger partial charge in [0.2, 0.25) is 0 Å². The third-order valence-electron chi connectivity index (χ3n) is 3.22. The average Bonchev–Trinajstić information content (AvgIpc) is 2.42. The molecule has 0 spiro atoms. The van der Waals surface area contributed by atoms with Gasteiger partial charge in [0.05, 0.1) is 7.11 Å². The molecule has 1 atom stereocenters. The number of hydrogen-bond acceptors (Lipinski definition) is 3. The van der Waals surface area contributed by atoms with Crippen LogP contribution in [0.5, 0.6) is 5.75 Å². The molecule has 0 saturated carbocycles. The Hall–Kier alpha value is -1.06. The van der Waals surface area contributed by atoms with Gasteiger partial charge in [-0.15, -0.1) is 0 Å². The van der Waals surface area contributed by atoms with E-state index in [0.29, 0.717) is 5.92 Å². The average molecular weight is 250 g/mol. The summed E-state index contributed by atoms with van der Waals surface area (Å²) in [5, 5.41) is 3.44. The number of ether oxygens (including phenoxy) is 1. The molecule has 0 aliphatic rings. The lowest BCUT2D eigenvalue weighted by Gasteiger charge is -2.12. The third-order valence-corrected chi connectivity index (χ3v) is 3.22. The van der Waals surface area contributed by atoms with Crippen LogP contribution in [-0.2, 0) is 12.8 Å². The first-order chi connectivity index (χ1) is 8.71. The van der Waals surface area contributed by atoms with Crippen LogP contribution in [0.1, 0.15) is 25.0 Å². The molecule has 0 aromatic heterocycles. The van der Waals surface area contributed by atoms with Crippen molar-refractivity contribution in [1.82, 2.24) is 5.32 Å². The largest absolute Gasteiger partial charge is 0.496 e. The van der Waals surface area contributed by atoms with E-state index >= 15 is 0 Å². The van der Waals surface area contributed by atoms with Gasteiger partial charge in [-0.1, -0.05) is 26.0 Å². The molecular weight excluding hydrogens is 224 g/mol. The summed E-state index contributed by atoms with van der Waals surface area (Å²) in [5.41, 5.74) is 8.23. The van der Waals surface area contributed by atoms with Gasteiger partial charge in [0, 0.05) is 0 Å². The van der Waals surface area contributed by atoms with E-state index in [2.05, 4.69) is 37.4 Å². The number of nitrogens with one attached hydrogen (secondary N) is 1. The monoisotopic (exact) mass is 250 g/mol. The maximum absolute atomic E-state index is 5.59. The second kappa shape index (κ2) is 8.11. The van der Waals surface area contributed by atoms with E-state index in [-0.39, 0.29) is 0 Å². The molecule has 1 unspecified atom stereocenters. The minimum atomic E-state index is 0.536. The van der Waals surface area contributed by atoms with Gasteiger partial charge in [0.25, 0.3) is 0 Å². The van der Waals surface area contributed by atoms with Crippen LogP contribution >= 0.6 is 0 Å². The van der Waals surface area contributed by atoms with Crippen molar-refractivity contribution in [3.63, 3.8) is 0 Å². The second-order valence-electron chi connectivity index (χ2n) is 4.79. The van der Waals surface area contributed by atoms with Crippen molar-refractivity contribution in [2.45, 2.75) is 26.7 Å². The van der Waals surface area contributed by atoms with Gasteiger partial charge in [-0.3, -0.25) is 0 Å². The molecule has 0 aliphatic heterocycles. The fraction of sp³-hybridized carbons (Fsp3) is 0.600. The summed E-state index contributed by atoms with van der Waals surface area (Å²) in [6.45, 7) is 7.01. The van der Waals surface area contributed by atoms with Gasteiger partial charge < -0.3 is 15.8 Å². The topological polar surface area (TPSA) is 47.3 Å². The Morgan fingerprint density at radius 2 is 2.17 bits per heavy atom. The van der Waals surface area contributed by atoms with Crippen molar-refractivity contribution in [3.05, 3.63) is 29.3 Å². The van der Waals surface area contributed by atoms with E-state index < -0.39 is 0 Å². The molecule has 0 radical (unpaired) electrons. The quantitative estimate of drug-likeness (QED) is 0.694. The molecule has 0 saturated heterocycles. The van der Waals surface area contributed by atoms with E-state index in [1.54, 1.807) is 7.11 Å². The van der Waals surface area contributed by atoms with E-state index in [1.807, 2.05) is 0 Å². The lowest BCUT2D eigenvalue weighted by Crippen LogP contribution is -2.27. The maximum Gasteiger partial charge on any atom is 0.122 e. The first-order valence-electron chi connectivity index (χ1n) is 6.77. The fourth-order valence-corrected chi connectivity index (χ4v) is 1.90. The standard InChI is InChI=1S/C15H26N2O/c1-4-13-5-6-15(18-3)14(9-13)7-8-17-11-12(2)10-16/h5-6,9,12,17H,4,7-8,10-11,16H2,1-3H3. The summed E-state index contributed by atoms with van der Waals surface area (Å²) in [6.07, 6.45) is 2.06. The predicted molar refractivity (Wildman–Crippen MR) is 77.2 cm³/mol. The summed E-state index contributed by atoms with van der Waals surface area (Å²) in [6, 6.07) is 6.44. The van der Waals surface area contributed by atoms with Crippen LogP contribution in [0.25, 0.3) is 0 Å². The first-order valence-corrected chi connectivity index (χ1v) is 6.77. The fourth-order valence-electron chi connectivity index (χ4n) is 1.90. The van der Waals surface area contributed by atoms with E-state index in [0.717, 1.165) is 38.2 Å². The van der Waals surface area contributed by atoms with Crippen LogP contribution in [-0.4, -0.2) is 26.7 Å². The molecule has 0 fully saturated rings. The highest BCUT2D eigenvalue weighted by Gasteiger charge is 2.04. The summed E-state index contributed by atoms with van der Waals surface area (Å²) in [7, 11) is 1.73. The maximum atomic E-state index is 5.59. The normalized spacial score (nSPS) is 12.4. The molecule has 0 bridgehead atoms. The molecule has 102 valence electrons. The van der Waals surface area contributed by atoms with E-state index in [4.69, 9.17) is 10.5 Å². The Kier molecular flexibility index (Phi) is 6.76. The Morgan fingerprint density at radius 3 is 2.78 bits per heavy atom.